The summed E-state index contributed by atoms with van der Waals surface area (Å²) in [6, 6.07) is 6.10. The molecule has 4 nitrogen and oxygen atoms in total. The van der Waals surface area contributed by atoms with Gasteiger partial charge in [-0.05, 0) is 58.0 Å². The first-order chi connectivity index (χ1) is 9.58. The summed E-state index contributed by atoms with van der Waals surface area (Å²) in [4.78, 5) is 14.3. The first kappa shape index (κ1) is 18.0. The quantitative estimate of drug-likeness (QED) is 0.876. The highest BCUT2D eigenvalue weighted by molar-refractivity contribution is 5.93. The minimum atomic E-state index is 0. The van der Waals surface area contributed by atoms with E-state index in [2.05, 4.69) is 28.5 Å². The van der Waals surface area contributed by atoms with Crippen LogP contribution < -0.4 is 10.6 Å². The van der Waals surface area contributed by atoms with Crippen molar-refractivity contribution in [1.29, 1.82) is 0 Å². The summed E-state index contributed by atoms with van der Waals surface area (Å²) in [6.07, 6.45) is 1.18. The average Bonchev–Trinajstić information content (AvgIpc) is 2.81. The molecule has 1 fully saturated rings. The highest BCUT2D eigenvalue weighted by Crippen LogP contribution is 2.17. The van der Waals surface area contributed by atoms with Gasteiger partial charge in [0.05, 0.1) is 6.54 Å². The molecule has 1 atom stereocenters. The van der Waals surface area contributed by atoms with Crippen LogP contribution in [-0.4, -0.2) is 44.0 Å². The third kappa shape index (κ3) is 5.30. The maximum absolute atomic E-state index is 12.1. The van der Waals surface area contributed by atoms with Crippen molar-refractivity contribution in [2.24, 2.45) is 5.92 Å². The van der Waals surface area contributed by atoms with Crippen LogP contribution in [0.4, 0.5) is 5.69 Å². The van der Waals surface area contributed by atoms with E-state index in [1.54, 1.807) is 0 Å². The average molecular weight is 312 g/mol. The van der Waals surface area contributed by atoms with Crippen LogP contribution in [0, 0.1) is 19.8 Å². The van der Waals surface area contributed by atoms with E-state index in [0.29, 0.717) is 12.5 Å². The Morgan fingerprint density at radius 3 is 2.81 bits per heavy atom. The molecule has 1 amide bonds. The summed E-state index contributed by atoms with van der Waals surface area (Å²) < 4.78 is 0. The normalized spacial score (nSPS) is 18.3. The molecular weight excluding hydrogens is 286 g/mol. The molecule has 1 saturated heterocycles. The van der Waals surface area contributed by atoms with Gasteiger partial charge in [0.2, 0.25) is 5.91 Å². The van der Waals surface area contributed by atoms with Crippen LogP contribution >= 0.6 is 12.4 Å². The van der Waals surface area contributed by atoms with E-state index < -0.39 is 0 Å². The van der Waals surface area contributed by atoms with E-state index in [0.717, 1.165) is 30.9 Å². The SMILES string of the molecule is CNCC1CCN(CC(=O)Nc2ccc(C)cc2C)C1.Cl. The van der Waals surface area contributed by atoms with E-state index >= 15 is 0 Å². The van der Waals surface area contributed by atoms with E-state index in [1.807, 2.05) is 26.1 Å². The maximum Gasteiger partial charge on any atom is 0.238 e. The van der Waals surface area contributed by atoms with Crippen molar-refractivity contribution in [3.05, 3.63) is 29.3 Å². The van der Waals surface area contributed by atoms with Crippen LogP contribution in [0.15, 0.2) is 18.2 Å². The van der Waals surface area contributed by atoms with Gasteiger partial charge in [-0.15, -0.1) is 12.4 Å². The molecule has 0 spiro atoms. The van der Waals surface area contributed by atoms with Gasteiger partial charge in [0, 0.05) is 12.2 Å². The molecule has 0 aromatic heterocycles. The van der Waals surface area contributed by atoms with Gasteiger partial charge < -0.3 is 10.6 Å². The second kappa shape index (κ2) is 8.37. The molecule has 0 saturated carbocycles. The minimum Gasteiger partial charge on any atom is -0.325 e. The number of likely N-dealkylation sites (tertiary alicyclic amines) is 1. The van der Waals surface area contributed by atoms with Crippen LogP contribution in [-0.2, 0) is 4.79 Å². The van der Waals surface area contributed by atoms with Gasteiger partial charge in [-0.3, -0.25) is 9.69 Å². The first-order valence-electron chi connectivity index (χ1n) is 7.32. The van der Waals surface area contributed by atoms with Crippen LogP contribution in [0.25, 0.3) is 0 Å². The summed E-state index contributed by atoms with van der Waals surface area (Å²) in [5.41, 5.74) is 3.26. The number of hydrogen-bond acceptors (Lipinski definition) is 3. The molecule has 1 heterocycles. The highest BCUT2D eigenvalue weighted by atomic mass is 35.5. The number of aryl methyl sites for hydroxylation is 2. The monoisotopic (exact) mass is 311 g/mol. The number of carbonyl (C=O) groups excluding carboxylic acids is 1. The van der Waals surface area contributed by atoms with Gasteiger partial charge in [-0.1, -0.05) is 17.7 Å². The standard InChI is InChI=1S/C16H25N3O.ClH/c1-12-4-5-15(13(2)8-12)18-16(20)11-19-7-6-14(10-19)9-17-3;/h4-5,8,14,17H,6-7,9-11H2,1-3H3,(H,18,20);1H. The molecule has 1 aliphatic heterocycles. The van der Waals surface area contributed by atoms with Crippen molar-refractivity contribution in [2.75, 3.05) is 38.5 Å². The third-order valence-corrected chi connectivity index (χ3v) is 3.89. The lowest BCUT2D eigenvalue weighted by atomic mass is 10.1. The molecule has 2 N–H and O–H groups in total. The summed E-state index contributed by atoms with van der Waals surface area (Å²) in [6.45, 7) is 7.66. The Morgan fingerprint density at radius 2 is 2.14 bits per heavy atom. The number of benzene rings is 1. The van der Waals surface area contributed by atoms with E-state index in [1.165, 1.54) is 12.0 Å². The highest BCUT2D eigenvalue weighted by Gasteiger charge is 2.23. The van der Waals surface area contributed by atoms with Crippen LogP contribution in [0.2, 0.25) is 0 Å². The number of nitrogens with one attached hydrogen (secondary N) is 2. The van der Waals surface area contributed by atoms with E-state index in [4.69, 9.17) is 0 Å². The smallest absolute Gasteiger partial charge is 0.238 e. The zero-order valence-electron chi connectivity index (χ0n) is 13.1. The van der Waals surface area contributed by atoms with Gasteiger partial charge in [0.1, 0.15) is 0 Å². The molecule has 1 aliphatic rings. The number of hydrogen-bond donors (Lipinski definition) is 2. The minimum absolute atomic E-state index is 0. The lowest BCUT2D eigenvalue weighted by Crippen LogP contribution is -2.32. The van der Waals surface area contributed by atoms with E-state index in [9.17, 15) is 4.79 Å². The Hall–Kier alpha value is -1.10. The van der Waals surface area contributed by atoms with Crippen molar-refractivity contribution in [3.63, 3.8) is 0 Å². The lowest BCUT2D eigenvalue weighted by molar-refractivity contribution is -0.117. The lowest BCUT2D eigenvalue weighted by Gasteiger charge is -2.16. The molecule has 0 aliphatic carbocycles. The fourth-order valence-electron chi connectivity index (χ4n) is 2.86. The fraction of sp³-hybridized carbons (Fsp3) is 0.562. The Bertz CT molecular complexity index is 479. The summed E-state index contributed by atoms with van der Waals surface area (Å²) >= 11 is 0. The fourth-order valence-corrected chi connectivity index (χ4v) is 2.86. The second-order valence-corrected chi connectivity index (χ2v) is 5.81. The predicted octanol–water partition coefficient (Wildman–Crippen LogP) is 2.21. The first-order valence-corrected chi connectivity index (χ1v) is 7.32. The Labute approximate surface area is 133 Å². The molecule has 1 aromatic carbocycles. The molecule has 0 bridgehead atoms. The Balaban J connectivity index is 0.00000220. The number of nitrogens with zero attached hydrogens (tertiary/aromatic N) is 1. The Kier molecular flexibility index (Phi) is 7.15. The second-order valence-electron chi connectivity index (χ2n) is 5.81. The van der Waals surface area contributed by atoms with Crippen LogP contribution in [0.1, 0.15) is 17.5 Å². The zero-order chi connectivity index (χ0) is 14.5. The number of anilines is 1. The molecule has 21 heavy (non-hydrogen) atoms. The van der Waals surface area contributed by atoms with Gasteiger partial charge in [-0.25, -0.2) is 0 Å². The largest absolute Gasteiger partial charge is 0.325 e. The zero-order valence-corrected chi connectivity index (χ0v) is 13.9. The van der Waals surface area contributed by atoms with Crippen molar-refractivity contribution in [2.45, 2.75) is 20.3 Å². The van der Waals surface area contributed by atoms with Gasteiger partial charge in [0.25, 0.3) is 0 Å². The van der Waals surface area contributed by atoms with Gasteiger partial charge in [0.15, 0.2) is 0 Å². The summed E-state index contributed by atoms with van der Waals surface area (Å²) in [7, 11) is 1.98. The van der Waals surface area contributed by atoms with Gasteiger partial charge >= 0.3 is 0 Å². The molecule has 5 heteroatoms. The molecule has 1 unspecified atom stereocenters. The molecule has 118 valence electrons. The topological polar surface area (TPSA) is 44.4 Å². The van der Waals surface area contributed by atoms with Crippen molar-refractivity contribution < 1.29 is 4.79 Å². The van der Waals surface area contributed by atoms with Crippen LogP contribution in [0.3, 0.4) is 0 Å². The summed E-state index contributed by atoms with van der Waals surface area (Å²) in [5, 5.41) is 6.22. The van der Waals surface area contributed by atoms with Crippen LogP contribution in [0.5, 0.6) is 0 Å². The molecule has 2 rings (SSSR count). The Morgan fingerprint density at radius 1 is 1.38 bits per heavy atom. The van der Waals surface area contributed by atoms with Crippen molar-refractivity contribution >= 4 is 24.0 Å². The molecule has 0 radical (unpaired) electrons. The number of amides is 1. The van der Waals surface area contributed by atoms with Crippen molar-refractivity contribution in [1.82, 2.24) is 10.2 Å². The number of rotatable bonds is 5. The number of carbonyl (C=O) groups is 1. The maximum atomic E-state index is 12.1. The predicted molar refractivity (Wildman–Crippen MR) is 90.3 cm³/mol. The van der Waals surface area contributed by atoms with Crippen molar-refractivity contribution in [3.8, 4) is 0 Å². The summed E-state index contributed by atoms with van der Waals surface area (Å²) in [5.74, 6) is 0.760. The third-order valence-electron chi connectivity index (χ3n) is 3.89. The van der Waals surface area contributed by atoms with E-state index in [-0.39, 0.29) is 18.3 Å². The molecule has 1 aromatic rings. The molecular formula is C16H26ClN3O. The number of halogens is 1. The van der Waals surface area contributed by atoms with Gasteiger partial charge in [-0.2, -0.15) is 0 Å².